The molecule has 4 nitrogen and oxygen atoms in total. The first-order chi connectivity index (χ1) is 13.2. The summed E-state index contributed by atoms with van der Waals surface area (Å²) < 4.78 is 0. The Hall–Kier alpha value is -1.84. The van der Waals surface area contributed by atoms with Crippen LogP contribution in [0.5, 0.6) is 0 Å². The van der Waals surface area contributed by atoms with E-state index in [0.717, 1.165) is 36.8 Å². The molecule has 0 heterocycles. The second-order valence-electron chi connectivity index (χ2n) is 9.46. The standard InChI is InChI=1S/C24H36N2O2/c1-13-7-5-9-17(15(13)3)21-19(23(25)27)11-12-20(24(26)28)22(21)18-10-6-8-14(2)16(18)4/h11-18H,5-10H2,1-4H3,(H2,25,27)(H2,26,28). The first-order valence-electron chi connectivity index (χ1n) is 11.0. The maximum absolute atomic E-state index is 12.4. The molecule has 1 aromatic rings. The molecule has 1 aromatic carbocycles. The SMILES string of the molecule is CC1CCCC(c2c(C(N)=O)ccc(C(N)=O)c2C2CCCC(C)C2C)C1C. The number of hydrogen-bond acceptors (Lipinski definition) is 2. The fourth-order valence-electron chi connectivity index (χ4n) is 5.84. The molecule has 0 aliphatic heterocycles. The van der Waals surface area contributed by atoms with Crippen LogP contribution in [0.1, 0.15) is 110 Å². The highest BCUT2D eigenvalue weighted by Gasteiger charge is 2.38. The zero-order valence-corrected chi connectivity index (χ0v) is 17.8. The highest BCUT2D eigenvalue weighted by Crippen LogP contribution is 2.49. The molecule has 2 aliphatic rings. The first kappa shape index (κ1) is 20.9. The lowest BCUT2D eigenvalue weighted by molar-refractivity contribution is 0.0983. The van der Waals surface area contributed by atoms with Gasteiger partial charge in [-0.25, -0.2) is 0 Å². The average Bonchev–Trinajstić information content (AvgIpc) is 2.65. The van der Waals surface area contributed by atoms with Gasteiger partial charge in [-0.15, -0.1) is 0 Å². The number of nitrogens with two attached hydrogens (primary N) is 2. The molecule has 6 atom stereocenters. The minimum absolute atomic E-state index is 0.255. The van der Waals surface area contributed by atoms with Crippen molar-refractivity contribution in [3.8, 4) is 0 Å². The Balaban J connectivity index is 2.26. The van der Waals surface area contributed by atoms with Gasteiger partial charge in [0, 0.05) is 11.1 Å². The summed E-state index contributed by atoms with van der Waals surface area (Å²) in [4.78, 5) is 24.8. The molecule has 2 saturated carbocycles. The smallest absolute Gasteiger partial charge is 0.248 e. The highest BCUT2D eigenvalue weighted by molar-refractivity contribution is 6.00. The van der Waals surface area contributed by atoms with Crippen molar-refractivity contribution in [3.05, 3.63) is 34.4 Å². The van der Waals surface area contributed by atoms with Crippen molar-refractivity contribution in [3.63, 3.8) is 0 Å². The third-order valence-electron chi connectivity index (χ3n) is 7.97. The summed E-state index contributed by atoms with van der Waals surface area (Å²) in [5.74, 6) is 1.80. The number of carbonyl (C=O) groups excluding carboxylic acids is 2. The van der Waals surface area contributed by atoms with Gasteiger partial charge in [0.25, 0.3) is 0 Å². The van der Waals surface area contributed by atoms with Crippen LogP contribution in [-0.2, 0) is 0 Å². The zero-order valence-electron chi connectivity index (χ0n) is 17.8. The Morgan fingerprint density at radius 1 is 0.714 bits per heavy atom. The van der Waals surface area contributed by atoms with Gasteiger partial charge < -0.3 is 11.5 Å². The van der Waals surface area contributed by atoms with Crippen molar-refractivity contribution in [2.24, 2.45) is 35.1 Å². The Morgan fingerprint density at radius 2 is 1.07 bits per heavy atom. The van der Waals surface area contributed by atoms with Gasteiger partial charge in [0.1, 0.15) is 0 Å². The van der Waals surface area contributed by atoms with Gasteiger partial charge in [-0.1, -0.05) is 53.4 Å². The summed E-state index contributed by atoms with van der Waals surface area (Å²) in [5, 5.41) is 0. The van der Waals surface area contributed by atoms with Crippen LogP contribution >= 0.6 is 0 Å². The molecular formula is C24H36N2O2. The predicted molar refractivity (Wildman–Crippen MR) is 113 cm³/mol. The van der Waals surface area contributed by atoms with Crippen LogP contribution in [0.3, 0.4) is 0 Å². The fraction of sp³-hybridized carbons (Fsp3) is 0.667. The van der Waals surface area contributed by atoms with Crippen LogP contribution in [0.4, 0.5) is 0 Å². The zero-order chi connectivity index (χ0) is 20.6. The molecule has 3 rings (SSSR count). The molecular weight excluding hydrogens is 348 g/mol. The topological polar surface area (TPSA) is 86.2 Å². The number of carbonyl (C=O) groups is 2. The molecule has 0 spiro atoms. The van der Waals surface area contributed by atoms with Gasteiger partial charge >= 0.3 is 0 Å². The van der Waals surface area contributed by atoms with E-state index in [-0.39, 0.29) is 11.8 Å². The van der Waals surface area contributed by atoms with Crippen molar-refractivity contribution in [1.82, 2.24) is 0 Å². The summed E-state index contributed by atoms with van der Waals surface area (Å²) in [6.07, 6.45) is 6.79. The van der Waals surface area contributed by atoms with Crippen LogP contribution in [0.15, 0.2) is 12.1 Å². The number of hydrogen-bond donors (Lipinski definition) is 2. The lowest BCUT2D eigenvalue weighted by Gasteiger charge is -2.41. The number of rotatable bonds is 4. The average molecular weight is 385 g/mol. The summed E-state index contributed by atoms with van der Waals surface area (Å²) in [6, 6.07) is 3.48. The Bertz CT molecular complexity index is 694. The van der Waals surface area contributed by atoms with Gasteiger partial charge in [-0.2, -0.15) is 0 Å². The van der Waals surface area contributed by atoms with E-state index in [2.05, 4.69) is 27.7 Å². The summed E-state index contributed by atoms with van der Waals surface area (Å²) in [6.45, 7) is 9.16. The Morgan fingerprint density at radius 3 is 1.39 bits per heavy atom. The van der Waals surface area contributed by atoms with Crippen LogP contribution in [0.2, 0.25) is 0 Å². The molecule has 2 amide bonds. The van der Waals surface area contributed by atoms with Gasteiger partial charge in [0.2, 0.25) is 11.8 Å². The molecule has 0 saturated heterocycles. The van der Waals surface area contributed by atoms with E-state index in [1.54, 1.807) is 12.1 Å². The van der Waals surface area contributed by atoms with E-state index >= 15 is 0 Å². The second kappa shape index (κ2) is 8.26. The number of primary amides is 2. The third kappa shape index (κ3) is 3.70. The molecule has 6 unspecified atom stereocenters. The maximum Gasteiger partial charge on any atom is 0.248 e. The van der Waals surface area contributed by atoms with Crippen LogP contribution < -0.4 is 11.5 Å². The number of amides is 2. The van der Waals surface area contributed by atoms with Crippen molar-refractivity contribution in [1.29, 1.82) is 0 Å². The summed E-state index contributed by atoms with van der Waals surface area (Å²) in [5.41, 5.74) is 14.9. The summed E-state index contributed by atoms with van der Waals surface area (Å²) >= 11 is 0. The molecule has 2 aliphatic carbocycles. The van der Waals surface area contributed by atoms with E-state index in [9.17, 15) is 9.59 Å². The molecule has 28 heavy (non-hydrogen) atoms. The minimum Gasteiger partial charge on any atom is -0.366 e. The molecule has 0 aromatic heterocycles. The molecule has 0 radical (unpaired) electrons. The van der Waals surface area contributed by atoms with Crippen molar-refractivity contribution in [2.75, 3.05) is 0 Å². The largest absolute Gasteiger partial charge is 0.366 e. The van der Waals surface area contributed by atoms with Crippen molar-refractivity contribution >= 4 is 11.8 Å². The van der Waals surface area contributed by atoms with E-state index < -0.39 is 11.8 Å². The molecule has 154 valence electrons. The highest BCUT2D eigenvalue weighted by atomic mass is 16.1. The molecule has 2 fully saturated rings. The first-order valence-corrected chi connectivity index (χ1v) is 11.0. The predicted octanol–water partition coefficient (Wildman–Crippen LogP) is 4.96. The van der Waals surface area contributed by atoms with E-state index in [4.69, 9.17) is 11.5 Å². The van der Waals surface area contributed by atoms with E-state index in [0.29, 0.717) is 34.8 Å². The number of benzene rings is 1. The lowest BCUT2D eigenvalue weighted by Crippen LogP contribution is -2.32. The van der Waals surface area contributed by atoms with Crippen LogP contribution in [-0.4, -0.2) is 11.8 Å². The van der Waals surface area contributed by atoms with Gasteiger partial charge in [0.15, 0.2) is 0 Å². The quantitative estimate of drug-likeness (QED) is 0.768. The van der Waals surface area contributed by atoms with E-state index in [1.165, 1.54) is 12.8 Å². The second-order valence-corrected chi connectivity index (χ2v) is 9.46. The molecule has 0 bridgehead atoms. The fourth-order valence-corrected chi connectivity index (χ4v) is 5.84. The minimum atomic E-state index is -0.394. The van der Waals surface area contributed by atoms with Crippen LogP contribution in [0.25, 0.3) is 0 Å². The van der Waals surface area contributed by atoms with E-state index in [1.807, 2.05) is 0 Å². The van der Waals surface area contributed by atoms with Gasteiger partial charge in [-0.05, 0) is 71.6 Å². The Kier molecular flexibility index (Phi) is 6.16. The van der Waals surface area contributed by atoms with Crippen LogP contribution in [0, 0.1) is 23.7 Å². The Labute approximate surface area is 169 Å². The molecule has 4 heteroatoms. The third-order valence-corrected chi connectivity index (χ3v) is 7.97. The van der Waals surface area contributed by atoms with Crippen molar-refractivity contribution in [2.45, 2.75) is 78.1 Å². The monoisotopic (exact) mass is 384 g/mol. The summed E-state index contributed by atoms with van der Waals surface area (Å²) in [7, 11) is 0. The van der Waals surface area contributed by atoms with Gasteiger partial charge in [-0.3, -0.25) is 9.59 Å². The molecule has 4 N–H and O–H groups in total. The normalized spacial score (nSPS) is 33.4. The van der Waals surface area contributed by atoms with Crippen molar-refractivity contribution < 1.29 is 9.59 Å². The maximum atomic E-state index is 12.4. The van der Waals surface area contributed by atoms with Gasteiger partial charge in [0.05, 0.1) is 0 Å². The lowest BCUT2D eigenvalue weighted by atomic mass is 9.63.